The van der Waals surface area contributed by atoms with Gasteiger partial charge < -0.3 is 14.7 Å². The highest BCUT2D eigenvalue weighted by Crippen LogP contribution is 2.18. The molecule has 1 atom stereocenters. The van der Waals surface area contributed by atoms with Crippen LogP contribution >= 0.6 is 0 Å². The highest BCUT2D eigenvalue weighted by atomic mass is 19.1. The maximum absolute atomic E-state index is 12.8. The molecule has 5 nitrogen and oxygen atoms in total. The van der Waals surface area contributed by atoms with Gasteiger partial charge in [0.05, 0.1) is 0 Å². The summed E-state index contributed by atoms with van der Waals surface area (Å²) in [5.41, 5.74) is 0. The highest BCUT2D eigenvalue weighted by Gasteiger charge is 2.30. The first-order chi connectivity index (χ1) is 10.1. The molecule has 114 valence electrons. The Morgan fingerprint density at radius 1 is 1.24 bits per heavy atom. The number of rotatable bonds is 4. The lowest BCUT2D eigenvalue weighted by Crippen LogP contribution is -2.46. The average Bonchev–Trinajstić information content (AvgIpc) is 2.72. The molecule has 0 radical (unpaired) electrons. The number of benzene rings is 1. The monoisotopic (exact) mass is 295 g/mol. The average molecular weight is 295 g/mol. The first-order valence-electron chi connectivity index (χ1n) is 6.98. The van der Waals surface area contributed by atoms with E-state index >= 15 is 0 Å². The third-order valence-electron chi connectivity index (χ3n) is 3.53. The van der Waals surface area contributed by atoms with Gasteiger partial charge >= 0.3 is 5.97 Å². The zero-order valence-electron chi connectivity index (χ0n) is 11.6. The predicted molar refractivity (Wildman–Crippen MR) is 73.5 cm³/mol. The fraction of sp³-hybridized carbons (Fsp3) is 0.467. The largest absolute Gasteiger partial charge is 0.484 e. The van der Waals surface area contributed by atoms with Gasteiger partial charge in [-0.3, -0.25) is 4.79 Å². The van der Waals surface area contributed by atoms with Crippen LogP contribution < -0.4 is 4.74 Å². The lowest BCUT2D eigenvalue weighted by molar-refractivity contribution is -0.151. The molecule has 2 rings (SSSR count). The zero-order valence-corrected chi connectivity index (χ0v) is 11.6. The van der Waals surface area contributed by atoms with Crippen molar-refractivity contribution in [3.63, 3.8) is 0 Å². The molecule has 6 heteroatoms. The van der Waals surface area contributed by atoms with E-state index in [9.17, 15) is 19.1 Å². The topological polar surface area (TPSA) is 66.8 Å². The van der Waals surface area contributed by atoms with E-state index in [1.807, 2.05) is 0 Å². The molecule has 1 aliphatic heterocycles. The number of carboxylic acid groups (broad SMARTS) is 1. The minimum atomic E-state index is -0.980. The summed E-state index contributed by atoms with van der Waals surface area (Å²) in [4.78, 5) is 24.8. The zero-order chi connectivity index (χ0) is 15.2. The van der Waals surface area contributed by atoms with Gasteiger partial charge in [-0.15, -0.1) is 0 Å². The van der Waals surface area contributed by atoms with Crippen molar-refractivity contribution in [3.05, 3.63) is 30.1 Å². The number of carbonyl (C=O) groups excluding carboxylic acids is 1. The molecule has 0 aliphatic carbocycles. The molecular formula is C15H18FNO4. The third kappa shape index (κ3) is 4.18. The van der Waals surface area contributed by atoms with Crippen molar-refractivity contribution in [2.75, 3.05) is 13.2 Å². The Kier molecular flexibility index (Phi) is 5.14. The predicted octanol–water partition coefficient (Wildman–Crippen LogP) is 2.06. The van der Waals surface area contributed by atoms with E-state index in [1.165, 1.54) is 29.2 Å². The summed E-state index contributed by atoms with van der Waals surface area (Å²) in [6, 6.07) is 4.56. The van der Waals surface area contributed by atoms with Gasteiger partial charge in [0, 0.05) is 6.54 Å². The molecule has 1 amide bonds. The van der Waals surface area contributed by atoms with Crippen molar-refractivity contribution < 1.29 is 23.8 Å². The Balaban J connectivity index is 1.96. The number of hydrogen-bond acceptors (Lipinski definition) is 3. The van der Waals surface area contributed by atoms with Crippen molar-refractivity contribution in [2.45, 2.75) is 31.7 Å². The SMILES string of the molecule is O=C(O)C1CCCCCN1C(=O)COc1ccc(F)cc1. The van der Waals surface area contributed by atoms with E-state index in [2.05, 4.69) is 0 Å². The molecule has 1 aromatic rings. The Morgan fingerprint density at radius 2 is 1.95 bits per heavy atom. The summed E-state index contributed by atoms with van der Waals surface area (Å²) in [7, 11) is 0. The summed E-state index contributed by atoms with van der Waals surface area (Å²) >= 11 is 0. The van der Waals surface area contributed by atoms with Crippen LogP contribution in [0.15, 0.2) is 24.3 Å². The normalized spacial score (nSPS) is 18.9. The fourth-order valence-corrected chi connectivity index (χ4v) is 2.42. The van der Waals surface area contributed by atoms with Gasteiger partial charge in [-0.1, -0.05) is 12.8 Å². The molecule has 1 heterocycles. The number of likely N-dealkylation sites (tertiary alicyclic amines) is 1. The molecule has 1 fully saturated rings. The molecule has 1 aliphatic rings. The van der Waals surface area contributed by atoms with Gasteiger partial charge in [-0.2, -0.15) is 0 Å². The molecule has 21 heavy (non-hydrogen) atoms. The van der Waals surface area contributed by atoms with Crippen LogP contribution in [0.4, 0.5) is 4.39 Å². The Hall–Kier alpha value is -2.11. The van der Waals surface area contributed by atoms with Crippen molar-refractivity contribution in [2.24, 2.45) is 0 Å². The molecule has 0 bridgehead atoms. The lowest BCUT2D eigenvalue weighted by Gasteiger charge is -2.26. The first-order valence-corrected chi connectivity index (χ1v) is 6.98. The van der Waals surface area contributed by atoms with Gasteiger partial charge in [-0.05, 0) is 37.1 Å². The number of carbonyl (C=O) groups is 2. The Morgan fingerprint density at radius 3 is 2.62 bits per heavy atom. The van der Waals surface area contributed by atoms with Crippen LogP contribution in [0.3, 0.4) is 0 Å². The molecule has 0 saturated carbocycles. The summed E-state index contributed by atoms with van der Waals surface area (Å²) in [6.07, 6.45) is 3.00. The molecule has 1 unspecified atom stereocenters. The van der Waals surface area contributed by atoms with Crippen molar-refractivity contribution in [1.82, 2.24) is 4.90 Å². The second-order valence-corrected chi connectivity index (χ2v) is 5.03. The Bertz CT molecular complexity index is 503. The molecular weight excluding hydrogens is 277 g/mol. The maximum atomic E-state index is 12.8. The van der Waals surface area contributed by atoms with E-state index in [-0.39, 0.29) is 18.3 Å². The van der Waals surface area contributed by atoms with Crippen LogP contribution in [0.5, 0.6) is 5.75 Å². The second kappa shape index (κ2) is 7.06. The van der Waals surface area contributed by atoms with Crippen LogP contribution in [0, 0.1) is 5.82 Å². The smallest absolute Gasteiger partial charge is 0.326 e. The van der Waals surface area contributed by atoms with Gasteiger partial charge in [0.25, 0.3) is 5.91 Å². The number of halogens is 1. The van der Waals surface area contributed by atoms with E-state index in [4.69, 9.17) is 4.74 Å². The number of amides is 1. The summed E-state index contributed by atoms with van der Waals surface area (Å²) in [6.45, 7) is 0.192. The van der Waals surface area contributed by atoms with E-state index < -0.39 is 12.0 Å². The van der Waals surface area contributed by atoms with Crippen LogP contribution in [-0.4, -0.2) is 41.1 Å². The number of ether oxygens (including phenoxy) is 1. The number of carboxylic acids is 1. The van der Waals surface area contributed by atoms with Crippen LogP contribution in [0.25, 0.3) is 0 Å². The molecule has 1 saturated heterocycles. The lowest BCUT2D eigenvalue weighted by atomic mass is 10.1. The van der Waals surface area contributed by atoms with Gasteiger partial charge in [0.2, 0.25) is 0 Å². The van der Waals surface area contributed by atoms with E-state index in [0.29, 0.717) is 18.7 Å². The summed E-state index contributed by atoms with van der Waals surface area (Å²) in [5.74, 6) is -1.33. The van der Waals surface area contributed by atoms with Crippen molar-refractivity contribution in [3.8, 4) is 5.75 Å². The molecule has 1 N–H and O–H groups in total. The minimum Gasteiger partial charge on any atom is -0.484 e. The van der Waals surface area contributed by atoms with Crippen LogP contribution in [-0.2, 0) is 9.59 Å². The quantitative estimate of drug-likeness (QED) is 0.923. The first kappa shape index (κ1) is 15.3. The third-order valence-corrected chi connectivity index (χ3v) is 3.53. The standard InChI is InChI=1S/C15H18FNO4/c16-11-5-7-12(8-6-11)21-10-14(18)17-9-3-1-2-4-13(17)15(19)20/h5-8,13H,1-4,9-10H2,(H,19,20). The number of aliphatic carboxylic acids is 1. The van der Waals surface area contributed by atoms with E-state index in [0.717, 1.165) is 19.3 Å². The second-order valence-electron chi connectivity index (χ2n) is 5.03. The maximum Gasteiger partial charge on any atom is 0.326 e. The van der Waals surface area contributed by atoms with Crippen LogP contribution in [0.1, 0.15) is 25.7 Å². The fourth-order valence-electron chi connectivity index (χ4n) is 2.42. The van der Waals surface area contributed by atoms with Gasteiger partial charge in [-0.25, -0.2) is 9.18 Å². The summed E-state index contributed by atoms with van der Waals surface area (Å²) in [5, 5.41) is 9.22. The number of hydrogen-bond donors (Lipinski definition) is 1. The van der Waals surface area contributed by atoms with Crippen molar-refractivity contribution in [1.29, 1.82) is 0 Å². The van der Waals surface area contributed by atoms with Gasteiger partial charge in [0.15, 0.2) is 6.61 Å². The van der Waals surface area contributed by atoms with Crippen LogP contribution in [0.2, 0.25) is 0 Å². The number of nitrogens with zero attached hydrogens (tertiary/aromatic N) is 1. The van der Waals surface area contributed by atoms with Crippen molar-refractivity contribution >= 4 is 11.9 Å². The molecule has 1 aromatic carbocycles. The van der Waals surface area contributed by atoms with E-state index in [1.54, 1.807) is 0 Å². The highest BCUT2D eigenvalue weighted by molar-refractivity contribution is 5.84. The molecule has 0 aromatic heterocycles. The minimum absolute atomic E-state index is 0.241. The Labute approximate surface area is 122 Å². The molecule has 0 spiro atoms. The summed E-state index contributed by atoms with van der Waals surface area (Å²) < 4.78 is 18.1. The van der Waals surface area contributed by atoms with Gasteiger partial charge in [0.1, 0.15) is 17.6 Å².